The zero-order valence-electron chi connectivity index (χ0n) is 7.41. The van der Waals surface area contributed by atoms with E-state index in [1.807, 2.05) is 0 Å². The van der Waals surface area contributed by atoms with Gasteiger partial charge < -0.3 is 15.2 Å². The number of carbonyl (C=O) groups excluding carboxylic acids is 1. The average molecular weight is 210 g/mol. The van der Waals surface area contributed by atoms with Crippen LogP contribution in [0, 0.1) is 10.1 Å². The van der Waals surface area contributed by atoms with Gasteiger partial charge in [0.2, 0.25) is 5.69 Å². The lowest BCUT2D eigenvalue weighted by atomic mass is 10.1. The van der Waals surface area contributed by atoms with Crippen molar-refractivity contribution in [1.82, 2.24) is 4.98 Å². The van der Waals surface area contributed by atoms with E-state index >= 15 is 0 Å². The SMILES string of the molecule is O=Cc1cc(CC(=O)O)cc([N+](=O)[O-])n1. The van der Waals surface area contributed by atoms with Gasteiger partial charge in [-0.15, -0.1) is 0 Å². The second-order valence-electron chi connectivity index (χ2n) is 2.70. The summed E-state index contributed by atoms with van der Waals surface area (Å²) in [6, 6.07) is 2.23. The fraction of sp³-hybridized carbons (Fsp3) is 0.125. The van der Waals surface area contributed by atoms with Gasteiger partial charge in [-0.05, 0) is 21.5 Å². The fourth-order valence-corrected chi connectivity index (χ4v) is 1.02. The molecule has 0 aliphatic rings. The monoisotopic (exact) mass is 210 g/mol. The van der Waals surface area contributed by atoms with E-state index in [1.165, 1.54) is 6.07 Å². The van der Waals surface area contributed by atoms with Crippen LogP contribution in [-0.2, 0) is 11.2 Å². The molecule has 0 aromatic carbocycles. The van der Waals surface area contributed by atoms with Gasteiger partial charge >= 0.3 is 11.8 Å². The van der Waals surface area contributed by atoms with Crippen LogP contribution in [0.2, 0.25) is 0 Å². The first-order valence-corrected chi connectivity index (χ1v) is 3.85. The number of carboxylic acid groups (broad SMARTS) is 1. The Bertz CT molecular complexity index is 429. The van der Waals surface area contributed by atoms with E-state index in [1.54, 1.807) is 0 Å². The van der Waals surface area contributed by atoms with Gasteiger partial charge in [0.15, 0.2) is 6.29 Å². The Labute approximate surface area is 83.5 Å². The van der Waals surface area contributed by atoms with Crippen LogP contribution in [0.15, 0.2) is 12.1 Å². The molecule has 0 spiro atoms. The number of nitro groups is 1. The van der Waals surface area contributed by atoms with E-state index in [4.69, 9.17) is 5.11 Å². The zero-order chi connectivity index (χ0) is 11.4. The molecule has 0 amide bonds. The van der Waals surface area contributed by atoms with Gasteiger partial charge in [-0.1, -0.05) is 0 Å². The number of carbonyl (C=O) groups is 2. The maximum atomic E-state index is 10.4. The number of aldehydes is 1. The van der Waals surface area contributed by atoms with E-state index in [0.29, 0.717) is 6.29 Å². The smallest absolute Gasteiger partial charge is 0.364 e. The molecule has 0 saturated heterocycles. The van der Waals surface area contributed by atoms with E-state index < -0.39 is 16.7 Å². The topological polar surface area (TPSA) is 110 Å². The molecule has 0 aliphatic carbocycles. The summed E-state index contributed by atoms with van der Waals surface area (Å²) in [6.45, 7) is 0. The lowest BCUT2D eigenvalue weighted by Crippen LogP contribution is -2.03. The number of pyridine rings is 1. The van der Waals surface area contributed by atoms with Crippen molar-refractivity contribution in [3.63, 3.8) is 0 Å². The number of hydrogen-bond donors (Lipinski definition) is 1. The van der Waals surface area contributed by atoms with Gasteiger partial charge in [-0.3, -0.25) is 9.59 Å². The van der Waals surface area contributed by atoms with Crippen LogP contribution < -0.4 is 0 Å². The third-order valence-corrected chi connectivity index (χ3v) is 1.55. The Balaban J connectivity index is 3.16. The molecule has 0 aliphatic heterocycles. The van der Waals surface area contributed by atoms with Crippen molar-refractivity contribution < 1.29 is 19.6 Å². The van der Waals surface area contributed by atoms with Crippen LogP contribution in [0.5, 0.6) is 0 Å². The maximum absolute atomic E-state index is 10.4. The molecule has 0 radical (unpaired) electrons. The van der Waals surface area contributed by atoms with Crippen molar-refractivity contribution in [2.75, 3.05) is 0 Å². The van der Waals surface area contributed by atoms with Crippen LogP contribution in [0.3, 0.4) is 0 Å². The quantitative estimate of drug-likeness (QED) is 0.438. The van der Waals surface area contributed by atoms with Gasteiger partial charge in [0.05, 0.1) is 6.42 Å². The summed E-state index contributed by atoms with van der Waals surface area (Å²) in [4.78, 5) is 33.8. The Hall–Kier alpha value is -2.31. The van der Waals surface area contributed by atoms with Crippen molar-refractivity contribution in [3.8, 4) is 0 Å². The molecule has 0 fully saturated rings. The molecule has 1 aromatic heterocycles. The minimum Gasteiger partial charge on any atom is -0.481 e. The number of hydrogen-bond acceptors (Lipinski definition) is 5. The molecule has 1 N–H and O–H groups in total. The van der Waals surface area contributed by atoms with Gasteiger partial charge in [-0.2, -0.15) is 0 Å². The Morgan fingerprint density at radius 2 is 2.27 bits per heavy atom. The van der Waals surface area contributed by atoms with Crippen molar-refractivity contribution in [2.24, 2.45) is 0 Å². The first-order chi connectivity index (χ1) is 7.02. The van der Waals surface area contributed by atoms with Gasteiger partial charge in [-0.25, -0.2) is 0 Å². The van der Waals surface area contributed by atoms with Gasteiger partial charge in [0, 0.05) is 6.07 Å². The molecule has 0 atom stereocenters. The number of aromatic nitrogens is 1. The molecular formula is C8H6N2O5. The standard InChI is InChI=1S/C8H6N2O5/c11-4-6-1-5(3-8(12)13)2-7(9-6)10(14)15/h1-2,4H,3H2,(H,12,13). The van der Waals surface area contributed by atoms with Crippen molar-refractivity contribution in [3.05, 3.63) is 33.5 Å². The van der Waals surface area contributed by atoms with Crippen molar-refractivity contribution >= 4 is 18.1 Å². The van der Waals surface area contributed by atoms with Gasteiger partial charge in [0.1, 0.15) is 0 Å². The molecule has 1 heterocycles. The molecule has 0 unspecified atom stereocenters. The van der Waals surface area contributed by atoms with Gasteiger partial charge in [0.25, 0.3) is 0 Å². The molecule has 1 rings (SSSR count). The summed E-state index contributed by atoms with van der Waals surface area (Å²) in [5, 5.41) is 18.9. The highest BCUT2D eigenvalue weighted by Gasteiger charge is 2.14. The van der Waals surface area contributed by atoms with E-state index in [0.717, 1.165) is 6.07 Å². The highest BCUT2D eigenvalue weighted by atomic mass is 16.6. The number of carboxylic acids is 1. The largest absolute Gasteiger partial charge is 0.481 e. The number of nitrogens with zero attached hydrogens (tertiary/aromatic N) is 2. The molecule has 0 saturated carbocycles. The van der Waals surface area contributed by atoms with Crippen LogP contribution >= 0.6 is 0 Å². The zero-order valence-corrected chi connectivity index (χ0v) is 7.41. The molecule has 15 heavy (non-hydrogen) atoms. The van der Waals surface area contributed by atoms with E-state index in [2.05, 4.69) is 4.98 Å². The lowest BCUT2D eigenvalue weighted by molar-refractivity contribution is -0.389. The molecule has 1 aromatic rings. The summed E-state index contributed by atoms with van der Waals surface area (Å²) in [7, 11) is 0. The summed E-state index contributed by atoms with van der Waals surface area (Å²) < 4.78 is 0. The normalized spacial score (nSPS) is 9.60. The maximum Gasteiger partial charge on any atom is 0.364 e. The van der Waals surface area contributed by atoms with Crippen LogP contribution in [0.1, 0.15) is 16.1 Å². The molecule has 78 valence electrons. The number of aliphatic carboxylic acids is 1. The lowest BCUT2D eigenvalue weighted by Gasteiger charge is -1.97. The molecular weight excluding hydrogens is 204 g/mol. The van der Waals surface area contributed by atoms with E-state index in [-0.39, 0.29) is 17.7 Å². The Kier molecular flexibility index (Phi) is 3.06. The fourth-order valence-electron chi connectivity index (χ4n) is 1.02. The highest BCUT2D eigenvalue weighted by Crippen LogP contribution is 2.12. The predicted octanol–water partition coefficient (Wildman–Crippen LogP) is 0.429. The van der Waals surface area contributed by atoms with Crippen molar-refractivity contribution in [2.45, 2.75) is 6.42 Å². The third-order valence-electron chi connectivity index (χ3n) is 1.55. The summed E-state index contributed by atoms with van der Waals surface area (Å²) in [5.74, 6) is -1.66. The molecule has 7 nitrogen and oxygen atoms in total. The van der Waals surface area contributed by atoms with Crippen LogP contribution in [-0.4, -0.2) is 27.3 Å². The van der Waals surface area contributed by atoms with Crippen molar-refractivity contribution in [1.29, 1.82) is 0 Å². The third kappa shape index (κ3) is 2.83. The second-order valence-corrected chi connectivity index (χ2v) is 2.70. The predicted molar refractivity (Wildman–Crippen MR) is 47.6 cm³/mol. The van der Waals surface area contributed by atoms with E-state index in [9.17, 15) is 19.7 Å². The second kappa shape index (κ2) is 4.27. The summed E-state index contributed by atoms with van der Waals surface area (Å²) in [6.07, 6.45) is -0.0530. The molecule has 7 heteroatoms. The average Bonchev–Trinajstić information content (AvgIpc) is 2.16. The number of rotatable bonds is 4. The Morgan fingerprint density at radius 1 is 1.60 bits per heavy atom. The summed E-state index contributed by atoms with van der Waals surface area (Å²) in [5.41, 5.74) is 0.0201. The Morgan fingerprint density at radius 3 is 2.73 bits per heavy atom. The van der Waals surface area contributed by atoms with Crippen LogP contribution in [0.25, 0.3) is 0 Å². The first kappa shape index (κ1) is 10.8. The van der Waals surface area contributed by atoms with Crippen LogP contribution in [0.4, 0.5) is 5.82 Å². The first-order valence-electron chi connectivity index (χ1n) is 3.85. The minimum atomic E-state index is -1.13. The molecule has 0 bridgehead atoms. The minimum absolute atomic E-state index is 0.152. The summed E-state index contributed by atoms with van der Waals surface area (Å²) >= 11 is 0. The highest BCUT2D eigenvalue weighted by molar-refractivity contribution is 5.75.